The monoisotopic (exact) mass is 232 g/mol. The Morgan fingerprint density at radius 2 is 1.20 bits per heavy atom. The minimum absolute atomic E-state index is 0. The van der Waals surface area contributed by atoms with Gasteiger partial charge < -0.3 is 5.48 Å². The molecule has 0 spiro atoms. The van der Waals surface area contributed by atoms with E-state index in [9.17, 15) is 0 Å². The van der Waals surface area contributed by atoms with E-state index in [1.54, 1.807) is 0 Å². The van der Waals surface area contributed by atoms with Crippen molar-refractivity contribution in [2.75, 3.05) is 0 Å². The fourth-order valence-corrected chi connectivity index (χ4v) is 0. The number of rotatable bonds is 0. The molecule has 0 heterocycles. The van der Waals surface area contributed by atoms with E-state index in [1.807, 2.05) is 0 Å². The zero-order valence-electron chi connectivity index (χ0n) is 2.53. The first-order valence-electron chi connectivity index (χ1n) is 0.258. The van der Waals surface area contributed by atoms with Gasteiger partial charge in [0.25, 0.3) is 0 Å². The molecule has 2 N–H and O–H groups in total. The van der Waals surface area contributed by atoms with Gasteiger partial charge in [0.15, 0.2) is 9.88 Å². The van der Waals surface area contributed by atoms with Crippen molar-refractivity contribution in [2.45, 2.75) is 0 Å². The van der Waals surface area contributed by atoms with Gasteiger partial charge >= 0.3 is 0 Å². The van der Waals surface area contributed by atoms with E-state index >= 15 is 0 Å². The minimum atomic E-state index is 0. The van der Waals surface area contributed by atoms with Crippen molar-refractivity contribution in [3.63, 3.8) is 0 Å². The molecule has 5 heteroatoms. The van der Waals surface area contributed by atoms with Gasteiger partial charge in [-0.25, -0.2) is 0 Å². The minimum Gasteiger partial charge on any atom is -0.412 e. The number of hydrogen-bond donors (Lipinski definition) is 0. The van der Waals surface area contributed by atoms with E-state index in [-0.39, 0.29) is 47.3 Å². The van der Waals surface area contributed by atoms with Gasteiger partial charge in [0.05, 0.1) is 0 Å². The summed E-state index contributed by atoms with van der Waals surface area (Å²) in [5.41, 5.74) is 0. The molecule has 0 amide bonds. The molecule has 0 saturated heterocycles. The molecule has 31 valence electrons. The largest absolute Gasteiger partial charge is 0.412 e. The summed E-state index contributed by atoms with van der Waals surface area (Å²) in [4.78, 5) is 6.92. The van der Waals surface area contributed by atoms with Gasteiger partial charge in [-0.15, -0.1) is 0 Å². The van der Waals surface area contributed by atoms with Crippen LogP contribution in [0.3, 0.4) is 0 Å². The maximum atomic E-state index is 6.92. The van der Waals surface area contributed by atoms with Crippen LogP contribution in [-0.4, -0.2) is 15.4 Å². The summed E-state index contributed by atoms with van der Waals surface area (Å²) >= 11 is 0. The van der Waals surface area contributed by atoms with Crippen LogP contribution in [0.5, 0.6) is 0 Å². The summed E-state index contributed by atoms with van der Waals surface area (Å²) in [5.74, 6) is 0. The number of nitrogens with zero attached hydrogens (tertiary/aromatic N) is 1. The second kappa shape index (κ2) is 60.7. The van der Waals surface area contributed by atoms with Crippen molar-refractivity contribution < 1.29 is 47.3 Å². The molecule has 0 aromatic heterocycles. The Hall–Kier alpha value is 1.25. The van der Waals surface area contributed by atoms with Gasteiger partial charge in [0.1, 0.15) is 0 Å². The maximum Gasteiger partial charge on any atom is 0.176 e. The predicted octanol–water partition coefficient (Wildman–Crippen LogP) is -1.46. The zero-order chi connectivity index (χ0) is 2.00. The molecule has 0 saturated carbocycles. The summed E-state index contributed by atoms with van der Waals surface area (Å²) in [5, 5.41) is 0. The normalized spacial score (nSPS) is 0.400. The summed E-state index contributed by atoms with van der Waals surface area (Å²) in [6, 6.07) is 0. The Morgan fingerprint density at radius 3 is 1.20 bits per heavy atom. The van der Waals surface area contributed by atoms with E-state index in [0.717, 1.165) is 0 Å². The Balaban J connectivity index is -0.00000000167. The van der Waals surface area contributed by atoms with E-state index in [1.165, 1.54) is 9.88 Å². The molecule has 0 rings (SSSR count). The van der Waals surface area contributed by atoms with Crippen molar-refractivity contribution in [3.8, 4) is 0 Å². The Kier molecular flexibility index (Phi) is 413. The van der Waals surface area contributed by atoms with Gasteiger partial charge in [-0.1, -0.05) is 0 Å². The first kappa shape index (κ1) is 34.0. The molecule has 0 aliphatic rings. The molecule has 0 atom stereocenters. The van der Waals surface area contributed by atoms with Crippen LogP contribution in [0, 0.1) is 4.89 Å². The third-order valence-electron chi connectivity index (χ3n) is 0. The Bertz CT molecular complexity index is 16.4. The molecular formula is H3AgNOSiZn. The van der Waals surface area contributed by atoms with Crippen LogP contribution < -0.4 is 0 Å². The van der Waals surface area contributed by atoms with Crippen LogP contribution in [0.15, 0.2) is 0 Å². The van der Waals surface area contributed by atoms with Crippen LogP contribution in [0.25, 0.3) is 0 Å². The fourth-order valence-electron chi connectivity index (χ4n) is 0. The first-order valence-corrected chi connectivity index (χ1v) is 0.775. The van der Waals surface area contributed by atoms with Crippen molar-refractivity contribution in [1.82, 2.24) is 0 Å². The van der Waals surface area contributed by atoms with Crippen molar-refractivity contribution >= 4 is 9.88 Å². The second-order valence-corrected chi connectivity index (χ2v) is 0. The van der Waals surface area contributed by atoms with E-state index in [0.29, 0.717) is 0 Å². The molecule has 0 aliphatic heterocycles. The molecule has 0 unspecified atom stereocenters. The predicted molar refractivity (Wildman–Crippen MR) is 12.5 cm³/mol. The molecule has 0 aromatic rings. The smallest absolute Gasteiger partial charge is 0.176 e. The quantitative estimate of drug-likeness (QED) is 0.473. The molecule has 0 aromatic carbocycles. The molecule has 5 heavy (non-hydrogen) atoms. The molecule has 0 aliphatic carbocycles. The number of hydrogen-bond acceptors (Lipinski definition) is 1. The van der Waals surface area contributed by atoms with Crippen LogP contribution >= 0.6 is 0 Å². The van der Waals surface area contributed by atoms with E-state index in [2.05, 4.69) is 0 Å². The summed E-state index contributed by atoms with van der Waals surface area (Å²) < 4.78 is 0. The van der Waals surface area contributed by atoms with Crippen LogP contribution in [0.4, 0.5) is 0 Å². The SMILES string of the molecule is N#[SiH].O.[Ag].[Zn]. The third-order valence-corrected chi connectivity index (χ3v) is 0. The summed E-state index contributed by atoms with van der Waals surface area (Å²) in [7, 11) is 1.42. The average molecular weight is 234 g/mol. The van der Waals surface area contributed by atoms with Gasteiger partial charge in [0.2, 0.25) is 0 Å². The third kappa shape index (κ3) is 35.5. The van der Waals surface area contributed by atoms with Crippen LogP contribution in [0.2, 0.25) is 0 Å². The van der Waals surface area contributed by atoms with Gasteiger partial charge in [-0.2, -0.15) is 0 Å². The van der Waals surface area contributed by atoms with Gasteiger partial charge in [0, 0.05) is 41.9 Å². The zero-order valence-corrected chi connectivity index (χ0v) is 8.14. The Labute approximate surface area is 61.9 Å². The van der Waals surface area contributed by atoms with E-state index < -0.39 is 0 Å². The van der Waals surface area contributed by atoms with Crippen LogP contribution in [0.1, 0.15) is 0 Å². The average Bonchev–Trinajstić information content (AvgIpc) is 1.00. The van der Waals surface area contributed by atoms with Crippen molar-refractivity contribution in [3.05, 3.63) is 0 Å². The Morgan fingerprint density at radius 1 is 1.20 bits per heavy atom. The topological polar surface area (TPSA) is 55.3 Å². The van der Waals surface area contributed by atoms with Crippen LogP contribution in [-0.2, 0) is 41.9 Å². The summed E-state index contributed by atoms with van der Waals surface area (Å²) in [6.45, 7) is 0. The summed E-state index contributed by atoms with van der Waals surface area (Å²) in [6.07, 6.45) is 0. The fraction of sp³-hybridized carbons (Fsp3) is 0. The molecular weight excluding hydrogens is 231 g/mol. The second-order valence-electron chi connectivity index (χ2n) is 0. The van der Waals surface area contributed by atoms with Gasteiger partial charge in [-0.05, 0) is 0 Å². The molecule has 2 nitrogen and oxygen atoms in total. The first-order chi connectivity index (χ1) is 1.00. The molecule has 0 fully saturated rings. The van der Waals surface area contributed by atoms with Gasteiger partial charge in [-0.3, -0.25) is 4.89 Å². The van der Waals surface area contributed by atoms with E-state index in [4.69, 9.17) is 4.89 Å². The standard InChI is InChI=1S/Ag.HNSi.H2O.Zn/c;1-2;;/h;2H;1H2;. The van der Waals surface area contributed by atoms with Crippen molar-refractivity contribution in [2.24, 2.45) is 0 Å². The maximum absolute atomic E-state index is 6.92. The molecule has 1 radical (unpaired) electrons. The van der Waals surface area contributed by atoms with Crippen molar-refractivity contribution in [1.29, 1.82) is 4.89 Å². The molecule has 0 bridgehead atoms.